The zero-order valence-electron chi connectivity index (χ0n) is 16.5. The Morgan fingerprint density at radius 1 is 1.23 bits per heavy atom. The second kappa shape index (κ2) is 10.3. The number of hydrogen-bond acceptors (Lipinski definition) is 3. The Bertz CT molecular complexity index is 1130. The zero-order chi connectivity index (χ0) is 21.5. The van der Waals surface area contributed by atoms with Gasteiger partial charge in [-0.15, -0.1) is 0 Å². The topological polar surface area (TPSA) is 67.0 Å². The molecular weight excluding hydrogens is 421 g/mol. The van der Waals surface area contributed by atoms with Gasteiger partial charge in [-0.1, -0.05) is 47.5 Å². The highest BCUT2D eigenvalue weighted by atomic mass is 35.5. The number of nitrogens with zero attached hydrogens (tertiary/aromatic N) is 2. The molecule has 0 atom stereocenters. The van der Waals surface area contributed by atoms with E-state index in [0.717, 1.165) is 22.0 Å². The lowest BCUT2D eigenvalue weighted by molar-refractivity contribution is -0.117. The van der Waals surface area contributed by atoms with Gasteiger partial charge in [0.1, 0.15) is 11.6 Å². The van der Waals surface area contributed by atoms with Crippen molar-refractivity contribution < 1.29 is 9.53 Å². The van der Waals surface area contributed by atoms with E-state index in [1.807, 2.05) is 48.7 Å². The molecule has 0 bridgehead atoms. The van der Waals surface area contributed by atoms with Crippen LogP contribution in [0, 0.1) is 11.3 Å². The molecule has 0 aliphatic carbocycles. The van der Waals surface area contributed by atoms with Crippen molar-refractivity contribution in [2.45, 2.75) is 13.0 Å². The van der Waals surface area contributed by atoms with Crippen LogP contribution in [0.5, 0.6) is 0 Å². The molecule has 0 unspecified atom stereocenters. The Morgan fingerprint density at radius 3 is 2.77 bits per heavy atom. The smallest absolute Gasteiger partial charge is 0.261 e. The standard InChI is InChI=1S/C23H21Cl2N3O2/c1-30-10-4-9-27-23(29)17(13-26)12-18-15-28(22-6-3-2-5-19(18)22)14-16-7-8-20(24)21(25)11-16/h2-3,5-8,11-12,15H,4,9-10,14H2,1H3,(H,27,29)/b17-12+. The third kappa shape index (κ3) is 5.22. The molecule has 0 aliphatic heterocycles. The number of aromatic nitrogens is 1. The lowest BCUT2D eigenvalue weighted by Crippen LogP contribution is -2.26. The number of benzene rings is 2. The first-order valence-corrected chi connectivity index (χ1v) is 10.2. The number of halogens is 2. The monoisotopic (exact) mass is 441 g/mol. The minimum Gasteiger partial charge on any atom is -0.385 e. The summed E-state index contributed by atoms with van der Waals surface area (Å²) < 4.78 is 7.03. The predicted octanol–water partition coefficient (Wildman–Crippen LogP) is 5.06. The van der Waals surface area contributed by atoms with Gasteiger partial charge in [-0.05, 0) is 36.3 Å². The van der Waals surface area contributed by atoms with Crippen LogP contribution in [0.1, 0.15) is 17.5 Å². The molecule has 1 heterocycles. The maximum absolute atomic E-state index is 12.4. The summed E-state index contributed by atoms with van der Waals surface area (Å²) in [5.74, 6) is -0.394. The predicted molar refractivity (Wildman–Crippen MR) is 121 cm³/mol. The third-order valence-electron chi connectivity index (χ3n) is 4.63. The van der Waals surface area contributed by atoms with Crippen LogP contribution < -0.4 is 5.32 Å². The Balaban J connectivity index is 1.90. The first kappa shape index (κ1) is 21.9. The number of ether oxygens (including phenoxy) is 1. The van der Waals surface area contributed by atoms with Gasteiger partial charge in [-0.3, -0.25) is 4.79 Å². The van der Waals surface area contributed by atoms with Crippen molar-refractivity contribution in [3.05, 3.63) is 75.4 Å². The van der Waals surface area contributed by atoms with Crippen LogP contribution in [0.3, 0.4) is 0 Å². The summed E-state index contributed by atoms with van der Waals surface area (Å²) in [4.78, 5) is 12.4. The summed E-state index contributed by atoms with van der Waals surface area (Å²) in [5, 5.41) is 14.2. The van der Waals surface area contributed by atoms with Crippen molar-refractivity contribution in [2.24, 2.45) is 0 Å². The summed E-state index contributed by atoms with van der Waals surface area (Å²) in [6.07, 6.45) is 4.24. The molecule has 0 spiro atoms. The number of hydrogen-bond donors (Lipinski definition) is 1. The Hall–Kier alpha value is -2.78. The summed E-state index contributed by atoms with van der Waals surface area (Å²) in [6, 6.07) is 15.4. The van der Waals surface area contributed by atoms with E-state index >= 15 is 0 Å². The van der Waals surface area contributed by atoms with E-state index in [4.69, 9.17) is 27.9 Å². The number of amides is 1. The first-order valence-electron chi connectivity index (χ1n) is 9.44. The maximum atomic E-state index is 12.4. The van der Waals surface area contributed by atoms with Gasteiger partial charge in [0.2, 0.25) is 0 Å². The van der Waals surface area contributed by atoms with E-state index in [9.17, 15) is 10.1 Å². The molecule has 1 aromatic heterocycles. The van der Waals surface area contributed by atoms with Crippen LogP contribution in [0.4, 0.5) is 0 Å². The van der Waals surface area contributed by atoms with Crippen molar-refractivity contribution in [1.82, 2.24) is 9.88 Å². The SMILES string of the molecule is COCCCNC(=O)/C(C#N)=C/c1cn(Cc2ccc(Cl)c(Cl)c2)c2ccccc12. The van der Waals surface area contributed by atoms with Crippen LogP contribution in [0.25, 0.3) is 17.0 Å². The molecule has 0 aliphatic rings. The summed E-state index contributed by atoms with van der Waals surface area (Å²) in [5.41, 5.74) is 2.85. The van der Waals surface area contributed by atoms with E-state index in [-0.39, 0.29) is 5.57 Å². The van der Waals surface area contributed by atoms with Gasteiger partial charge in [0.05, 0.1) is 10.0 Å². The second-order valence-electron chi connectivity index (χ2n) is 6.75. The van der Waals surface area contributed by atoms with Gasteiger partial charge >= 0.3 is 0 Å². The number of carbonyl (C=O) groups excluding carboxylic acids is 1. The average molecular weight is 442 g/mol. The molecule has 0 radical (unpaired) electrons. The van der Waals surface area contributed by atoms with Crippen LogP contribution in [0.15, 0.2) is 54.2 Å². The van der Waals surface area contributed by atoms with Gasteiger partial charge in [0.25, 0.3) is 5.91 Å². The molecule has 30 heavy (non-hydrogen) atoms. The van der Waals surface area contributed by atoms with Gasteiger partial charge in [-0.2, -0.15) is 5.26 Å². The molecule has 7 heteroatoms. The highest BCUT2D eigenvalue weighted by Crippen LogP contribution is 2.27. The summed E-state index contributed by atoms with van der Waals surface area (Å²) >= 11 is 12.2. The molecule has 154 valence electrons. The Labute approximate surface area is 185 Å². The Morgan fingerprint density at radius 2 is 2.03 bits per heavy atom. The van der Waals surface area contributed by atoms with Crippen LogP contribution in [0.2, 0.25) is 10.0 Å². The largest absolute Gasteiger partial charge is 0.385 e. The maximum Gasteiger partial charge on any atom is 0.261 e. The molecule has 0 saturated carbocycles. The number of rotatable bonds is 8. The van der Waals surface area contributed by atoms with Crippen LogP contribution in [-0.4, -0.2) is 30.7 Å². The van der Waals surface area contributed by atoms with Crippen LogP contribution in [-0.2, 0) is 16.1 Å². The average Bonchev–Trinajstić information content (AvgIpc) is 3.09. The van der Waals surface area contributed by atoms with E-state index in [2.05, 4.69) is 9.88 Å². The Kier molecular flexibility index (Phi) is 7.53. The van der Waals surface area contributed by atoms with Gasteiger partial charge in [-0.25, -0.2) is 0 Å². The number of nitrogens with one attached hydrogen (secondary N) is 1. The minimum atomic E-state index is -0.394. The molecular formula is C23H21Cl2N3O2. The molecule has 3 aromatic rings. The second-order valence-corrected chi connectivity index (χ2v) is 7.56. The fourth-order valence-electron chi connectivity index (χ4n) is 3.17. The lowest BCUT2D eigenvalue weighted by Gasteiger charge is -2.06. The van der Waals surface area contributed by atoms with Crippen molar-refractivity contribution in [1.29, 1.82) is 5.26 Å². The quantitative estimate of drug-likeness (QED) is 0.301. The normalized spacial score (nSPS) is 11.5. The summed E-state index contributed by atoms with van der Waals surface area (Å²) in [6.45, 7) is 1.58. The van der Waals surface area contributed by atoms with Crippen molar-refractivity contribution >= 4 is 46.1 Å². The van der Waals surface area contributed by atoms with Gasteiger partial charge in [0, 0.05) is 49.5 Å². The van der Waals surface area contributed by atoms with E-state index in [0.29, 0.717) is 36.2 Å². The number of nitriles is 1. The van der Waals surface area contributed by atoms with Gasteiger partial charge in [0.15, 0.2) is 0 Å². The molecule has 2 aromatic carbocycles. The summed E-state index contributed by atoms with van der Waals surface area (Å²) in [7, 11) is 1.61. The number of para-hydroxylation sites is 1. The van der Waals surface area contributed by atoms with E-state index in [1.165, 1.54) is 0 Å². The fourth-order valence-corrected chi connectivity index (χ4v) is 3.49. The molecule has 3 rings (SSSR count). The number of carbonyl (C=O) groups is 1. The van der Waals surface area contributed by atoms with E-state index in [1.54, 1.807) is 19.3 Å². The van der Waals surface area contributed by atoms with Crippen molar-refractivity contribution in [2.75, 3.05) is 20.3 Å². The minimum absolute atomic E-state index is 0.0601. The molecule has 1 N–H and O–H groups in total. The third-order valence-corrected chi connectivity index (χ3v) is 5.37. The molecule has 1 amide bonds. The highest BCUT2D eigenvalue weighted by molar-refractivity contribution is 6.42. The molecule has 0 saturated heterocycles. The van der Waals surface area contributed by atoms with Crippen molar-refractivity contribution in [3.63, 3.8) is 0 Å². The lowest BCUT2D eigenvalue weighted by atomic mass is 10.1. The van der Waals surface area contributed by atoms with Crippen molar-refractivity contribution in [3.8, 4) is 6.07 Å². The first-order chi connectivity index (χ1) is 14.5. The van der Waals surface area contributed by atoms with Crippen LogP contribution >= 0.6 is 23.2 Å². The number of methoxy groups -OCH3 is 1. The fraction of sp³-hybridized carbons (Fsp3) is 0.217. The zero-order valence-corrected chi connectivity index (χ0v) is 18.0. The molecule has 5 nitrogen and oxygen atoms in total. The van der Waals surface area contributed by atoms with E-state index < -0.39 is 5.91 Å². The number of fused-ring (bicyclic) bond motifs is 1. The molecule has 0 fully saturated rings. The van der Waals surface area contributed by atoms with Gasteiger partial charge < -0.3 is 14.6 Å². The highest BCUT2D eigenvalue weighted by Gasteiger charge is 2.12.